The summed E-state index contributed by atoms with van der Waals surface area (Å²) >= 11 is 3.37. The molecule has 0 radical (unpaired) electrons. The van der Waals surface area contributed by atoms with Gasteiger partial charge in [-0.15, -0.1) is 0 Å². The Morgan fingerprint density at radius 2 is 1.96 bits per heavy atom. The molecule has 0 aromatic heterocycles. The molecule has 7 nitrogen and oxygen atoms in total. The summed E-state index contributed by atoms with van der Waals surface area (Å²) in [5, 5.41) is 5.58. The highest BCUT2D eigenvalue weighted by atomic mass is 79.9. The summed E-state index contributed by atoms with van der Waals surface area (Å²) in [6.07, 6.45) is -0.397. The Labute approximate surface area is 170 Å². The van der Waals surface area contributed by atoms with Crippen molar-refractivity contribution >= 4 is 50.7 Å². The second-order valence-electron chi connectivity index (χ2n) is 6.83. The molecule has 0 saturated carbocycles. The molecule has 2 N–H and O–H groups in total. The molecule has 0 spiro atoms. The number of rotatable bonds is 3. The number of halogens is 1. The van der Waals surface area contributed by atoms with Crippen molar-refractivity contribution < 1.29 is 19.1 Å². The second-order valence-corrected chi connectivity index (χ2v) is 7.75. The van der Waals surface area contributed by atoms with Crippen molar-refractivity contribution in [3.05, 3.63) is 46.9 Å². The van der Waals surface area contributed by atoms with Crippen molar-refractivity contribution in [2.75, 3.05) is 22.1 Å². The third-order valence-electron chi connectivity index (χ3n) is 4.81. The maximum atomic E-state index is 12.7. The Bertz CT molecular complexity index is 960. The summed E-state index contributed by atoms with van der Waals surface area (Å²) in [6, 6.07) is 12.5. The maximum absolute atomic E-state index is 12.7. The van der Waals surface area contributed by atoms with E-state index in [9.17, 15) is 14.4 Å². The van der Waals surface area contributed by atoms with Crippen LogP contribution in [0.1, 0.15) is 13.3 Å². The quantitative estimate of drug-likeness (QED) is 0.762. The monoisotopic (exact) mass is 443 g/mol. The minimum atomic E-state index is -0.554. The minimum Gasteiger partial charge on any atom is -0.479 e. The lowest BCUT2D eigenvalue weighted by Gasteiger charge is -2.24. The van der Waals surface area contributed by atoms with Crippen LogP contribution in [-0.2, 0) is 14.4 Å². The van der Waals surface area contributed by atoms with Crippen LogP contribution < -0.4 is 20.3 Å². The van der Waals surface area contributed by atoms with E-state index in [1.807, 2.05) is 24.3 Å². The summed E-state index contributed by atoms with van der Waals surface area (Å²) < 4.78 is 6.44. The van der Waals surface area contributed by atoms with Crippen molar-refractivity contribution in [1.82, 2.24) is 0 Å². The molecule has 8 heteroatoms. The summed E-state index contributed by atoms with van der Waals surface area (Å²) in [7, 11) is 0. The van der Waals surface area contributed by atoms with E-state index in [0.29, 0.717) is 23.7 Å². The number of nitrogens with zero attached hydrogens (tertiary/aromatic N) is 1. The Morgan fingerprint density at radius 1 is 1.21 bits per heavy atom. The molecule has 144 valence electrons. The van der Waals surface area contributed by atoms with E-state index in [-0.39, 0.29) is 24.1 Å². The van der Waals surface area contributed by atoms with Crippen LogP contribution in [0, 0.1) is 5.92 Å². The predicted octanol–water partition coefficient (Wildman–Crippen LogP) is 3.16. The summed E-state index contributed by atoms with van der Waals surface area (Å²) in [5.74, 6) is -0.435. The van der Waals surface area contributed by atoms with Crippen LogP contribution in [-0.4, -0.2) is 30.4 Å². The van der Waals surface area contributed by atoms with Gasteiger partial charge in [0, 0.05) is 28.8 Å². The summed E-state index contributed by atoms with van der Waals surface area (Å²) in [6.45, 7) is 2.00. The molecule has 2 aliphatic rings. The first-order chi connectivity index (χ1) is 13.4. The van der Waals surface area contributed by atoms with Crippen molar-refractivity contribution in [3.8, 4) is 5.75 Å². The van der Waals surface area contributed by atoms with Crippen molar-refractivity contribution in [3.63, 3.8) is 0 Å². The highest BCUT2D eigenvalue weighted by molar-refractivity contribution is 9.10. The van der Waals surface area contributed by atoms with E-state index < -0.39 is 12.0 Å². The number of carbonyl (C=O) groups excluding carboxylic acids is 3. The van der Waals surface area contributed by atoms with E-state index in [2.05, 4.69) is 26.6 Å². The number of carbonyl (C=O) groups is 3. The molecule has 0 bridgehead atoms. The fourth-order valence-corrected chi connectivity index (χ4v) is 3.55. The standard InChI is InChI=1S/C20H18BrN3O4/c1-11-19(26)23-16-9-14(4-7-17(16)28-11)22-20(27)12-8-18(25)24(10-12)15-5-2-13(21)3-6-15/h2-7,9,11-12H,8,10H2,1H3,(H,22,27)(H,23,26)/t11-,12-/m0/s1. The first-order valence-corrected chi connectivity index (χ1v) is 9.68. The van der Waals surface area contributed by atoms with E-state index in [4.69, 9.17) is 4.74 Å². The molecule has 2 aliphatic heterocycles. The number of anilines is 3. The van der Waals surface area contributed by atoms with Crippen LogP contribution in [0.3, 0.4) is 0 Å². The number of hydrogen-bond donors (Lipinski definition) is 2. The van der Waals surface area contributed by atoms with E-state index in [0.717, 1.165) is 10.2 Å². The molecule has 0 aliphatic carbocycles. The first-order valence-electron chi connectivity index (χ1n) is 8.89. The van der Waals surface area contributed by atoms with E-state index >= 15 is 0 Å². The van der Waals surface area contributed by atoms with Gasteiger partial charge in [-0.3, -0.25) is 14.4 Å². The van der Waals surface area contributed by atoms with Gasteiger partial charge in [0.25, 0.3) is 5.91 Å². The lowest BCUT2D eigenvalue weighted by atomic mass is 10.1. The van der Waals surface area contributed by atoms with Gasteiger partial charge in [0.2, 0.25) is 11.8 Å². The zero-order chi connectivity index (χ0) is 19.8. The molecule has 4 rings (SSSR count). The molecule has 2 aromatic carbocycles. The fourth-order valence-electron chi connectivity index (χ4n) is 3.28. The number of hydrogen-bond acceptors (Lipinski definition) is 4. The zero-order valence-electron chi connectivity index (χ0n) is 15.1. The Kier molecular flexibility index (Phi) is 4.80. The predicted molar refractivity (Wildman–Crippen MR) is 108 cm³/mol. The molecular formula is C20H18BrN3O4. The minimum absolute atomic E-state index is 0.0810. The SMILES string of the molecule is C[C@@H]1Oc2ccc(NC(=O)[C@H]3CC(=O)N(c4ccc(Br)cc4)C3)cc2NC1=O. The van der Waals surface area contributed by atoms with Gasteiger partial charge < -0.3 is 20.3 Å². The number of ether oxygens (including phenoxy) is 1. The fraction of sp³-hybridized carbons (Fsp3) is 0.250. The van der Waals surface area contributed by atoms with Gasteiger partial charge in [0.15, 0.2) is 6.10 Å². The molecular weight excluding hydrogens is 426 g/mol. The highest BCUT2D eigenvalue weighted by Crippen LogP contribution is 2.33. The summed E-state index contributed by atoms with van der Waals surface area (Å²) in [5.41, 5.74) is 1.82. The molecule has 2 atom stereocenters. The smallest absolute Gasteiger partial charge is 0.265 e. The van der Waals surface area contributed by atoms with Gasteiger partial charge in [-0.2, -0.15) is 0 Å². The topological polar surface area (TPSA) is 87.7 Å². The van der Waals surface area contributed by atoms with Crippen molar-refractivity contribution in [2.45, 2.75) is 19.4 Å². The Hall–Kier alpha value is -2.87. The number of benzene rings is 2. The van der Waals surface area contributed by atoms with Crippen molar-refractivity contribution in [2.24, 2.45) is 5.92 Å². The van der Waals surface area contributed by atoms with Gasteiger partial charge >= 0.3 is 0 Å². The second kappa shape index (κ2) is 7.27. The zero-order valence-corrected chi connectivity index (χ0v) is 16.7. The number of nitrogens with one attached hydrogen (secondary N) is 2. The van der Waals surface area contributed by atoms with Crippen molar-refractivity contribution in [1.29, 1.82) is 0 Å². The van der Waals surface area contributed by atoms with Crippen LogP contribution in [0.4, 0.5) is 17.1 Å². The molecule has 0 unspecified atom stereocenters. The number of fused-ring (bicyclic) bond motifs is 1. The number of amides is 3. The van der Waals surface area contributed by atoms with Crippen LogP contribution in [0.5, 0.6) is 5.75 Å². The Morgan fingerprint density at radius 3 is 2.71 bits per heavy atom. The third kappa shape index (κ3) is 3.60. The maximum Gasteiger partial charge on any atom is 0.265 e. The average Bonchev–Trinajstić information content (AvgIpc) is 3.05. The molecule has 2 heterocycles. The van der Waals surface area contributed by atoms with Gasteiger partial charge in [-0.25, -0.2) is 0 Å². The molecule has 2 aromatic rings. The van der Waals surface area contributed by atoms with Gasteiger partial charge in [0.1, 0.15) is 5.75 Å². The van der Waals surface area contributed by atoms with Crippen LogP contribution in [0.15, 0.2) is 46.9 Å². The Balaban J connectivity index is 1.44. The van der Waals surface area contributed by atoms with Crippen LogP contribution in [0.25, 0.3) is 0 Å². The lowest BCUT2D eigenvalue weighted by Crippen LogP contribution is -2.34. The summed E-state index contributed by atoms with van der Waals surface area (Å²) in [4.78, 5) is 38.4. The first kappa shape index (κ1) is 18.5. The van der Waals surface area contributed by atoms with Crippen LogP contribution >= 0.6 is 15.9 Å². The average molecular weight is 444 g/mol. The lowest BCUT2D eigenvalue weighted by molar-refractivity contribution is -0.122. The van der Waals surface area contributed by atoms with E-state index in [1.165, 1.54) is 0 Å². The van der Waals surface area contributed by atoms with Gasteiger partial charge in [0.05, 0.1) is 11.6 Å². The molecule has 1 saturated heterocycles. The molecule has 28 heavy (non-hydrogen) atoms. The van der Waals surface area contributed by atoms with Crippen LogP contribution in [0.2, 0.25) is 0 Å². The third-order valence-corrected chi connectivity index (χ3v) is 5.34. The largest absolute Gasteiger partial charge is 0.479 e. The van der Waals surface area contributed by atoms with Gasteiger partial charge in [-0.1, -0.05) is 15.9 Å². The van der Waals surface area contributed by atoms with Gasteiger partial charge in [-0.05, 0) is 49.4 Å². The normalized spacial score (nSPS) is 21.0. The highest BCUT2D eigenvalue weighted by Gasteiger charge is 2.35. The molecule has 3 amide bonds. The van der Waals surface area contributed by atoms with E-state index in [1.54, 1.807) is 30.0 Å². The molecule has 1 fully saturated rings.